The zero-order chi connectivity index (χ0) is 9.84. The van der Waals surface area contributed by atoms with Gasteiger partial charge >= 0.3 is 0 Å². The van der Waals surface area contributed by atoms with Crippen LogP contribution in [0.2, 0.25) is 0 Å². The summed E-state index contributed by atoms with van der Waals surface area (Å²) in [6.45, 7) is 6.39. The maximum atomic E-state index is 9.04. The van der Waals surface area contributed by atoms with Crippen LogP contribution < -0.4 is 0 Å². The third-order valence-corrected chi connectivity index (χ3v) is 2.52. The van der Waals surface area contributed by atoms with Gasteiger partial charge in [-0.1, -0.05) is 32.0 Å². The maximum absolute atomic E-state index is 9.04. The van der Waals surface area contributed by atoms with E-state index in [1.165, 1.54) is 16.7 Å². The fraction of sp³-hybridized carbons (Fsp3) is 0.417. The van der Waals surface area contributed by atoms with Crippen molar-refractivity contribution >= 4 is 0 Å². The molecular weight excluding hydrogens is 160 g/mol. The topological polar surface area (TPSA) is 20.2 Å². The van der Waals surface area contributed by atoms with Crippen molar-refractivity contribution in [2.75, 3.05) is 6.61 Å². The molecule has 0 unspecified atom stereocenters. The first-order chi connectivity index (χ1) is 6.20. The summed E-state index contributed by atoms with van der Waals surface area (Å²) in [6.07, 6.45) is 1.05. The van der Waals surface area contributed by atoms with Gasteiger partial charge in [0, 0.05) is 5.92 Å². The number of aryl methyl sites for hydroxylation is 1. The molecule has 1 aromatic carbocycles. The molecule has 71 valence electrons. The lowest BCUT2D eigenvalue weighted by atomic mass is 9.93. The lowest BCUT2D eigenvalue weighted by molar-refractivity contribution is 0.314. The standard InChI is InChI=1S/C12H17O/c1-4-11-6-5-7-12(10(11)3)9(2)8-13/h5-7,13H,4,8H2,1-3H3. The average molecular weight is 177 g/mol. The molecule has 0 aliphatic rings. The highest BCUT2D eigenvalue weighted by Crippen LogP contribution is 2.21. The van der Waals surface area contributed by atoms with Crippen LogP contribution in [0, 0.1) is 12.8 Å². The molecule has 0 fully saturated rings. The molecule has 0 aliphatic carbocycles. The van der Waals surface area contributed by atoms with Gasteiger partial charge in [-0.15, -0.1) is 0 Å². The van der Waals surface area contributed by atoms with E-state index in [-0.39, 0.29) is 6.61 Å². The van der Waals surface area contributed by atoms with Crippen LogP contribution in [0.3, 0.4) is 0 Å². The summed E-state index contributed by atoms with van der Waals surface area (Å²) in [5.41, 5.74) is 3.86. The van der Waals surface area contributed by atoms with Crippen molar-refractivity contribution in [3.05, 3.63) is 40.8 Å². The van der Waals surface area contributed by atoms with Gasteiger partial charge in [-0.3, -0.25) is 0 Å². The van der Waals surface area contributed by atoms with Crippen LogP contribution in [0.1, 0.15) is 30.5 Å². The molecule has 0 aliphatic heterocycles. The Balaban J connectivity index is 3.08. The number of benzene rings is 1. The van der Waals surface area contributed by atoms with E-state index in [0.29, 0.717) is 0 Å². The van der Waals surface area contributed by atoms with Gasteiger partial charge in [0.25, 0.3) is 0 Å². The molecule has 1 nitrogen and oxygen atoms in total. The second-order valence-electron chi connectivity index (χ2n) is 3.38. The number of hydrogen-bond donors (Lipinski definition) is 1. The minimum absolute atomic E-state index is 0.147. The molecule has 0 saturated heterocycles. The Hall–Kier alpha value is -0.820. The van der Waals surface area contributed by atoms with Crippen molar-refractivity contribution < 1.29 is 5.11 Å². The lowest BCUT2D eigenvalue weighted by Crippen LogP contribution is -2.04. The molecule has 1 rings (SSSR count). The minimum Gasteiger partial charge on any atom is -0.395 e. The summed E-state index contributed by atoms with van der Waals surface area (Å²) in [5, 5.41) is 9.04. The first-order valence-electron chi connectivity index (χ1n) is 4.72. The molecule has 1 N–H and O–H groups in total. The summed E-state index contributed by atoms with van der Waals surface area (Å²) in [5.74, 6) is 1.05. The fourth-order valence-electron chi connectivity index (χ4n) is 1.61. The summed E-state index contributed by atoms with van der Waals surface area (Å²) >= 11 is 0. The first-order valence-corrected chi connectivity index (χ1v) is 4.72. The quantitative estimate of drug-likeness (QED) is 0.752. The van der Waals surface area contributed by atoms with E-state index in [4.69, 9.17) is 5.11 Å². The van der Waals surface area contributed by atoms with Crippen molar-refractivity contribution in [1.29, 1.82) is 0 Å². The summed E-state index contributed by atoms with van der Waals surface area (Å²) < 4.78 is 0. The molecule has 0 atom stereocenters. The van der Waals surface area contributed by atoms with E-state index < -0.39 is 0 Å². The highest BCUT2D eigenvalue weighted by atomic mass is 16.3. The summed E-state index contributed by atoms with van der Waals surface area (Å²) in [7, 11) is 0. The molecule has 0 aromatic heterocycles. The van der Waals surface area contributed by atoms with Gasteiger partial charge in [0.15, 0.2) is 0 Å². The van der Waals surface area contributed by atoms with Gasteiger partial charge in [-0.2, -0.15) is 0 Å². The van der Waals surface area contributed by atoms with Crippen molar-refractivity contribution in [3.63, 3.8) is 0 Å². The Bertz CT molecular complexity index is 278. The van der Waals surface area contributed by atoms with Crippen LogP contribution in [-0.2, 0) is 6.42 Å². The van der Waals surface area contributed by atoms with E-state index in [1.807, 2.05) is 6.92 Å². The highest BCUT2D eigenvalue weighted by Gasteiger charge is 2.09. The smallest absolute Gasteiger partial charge is 0.0534 e. The van der Waals surface area contributed by atoms with E-state index in [2.05, 4.69) is 32.0 Å². The molecule has 13 heavy (non-hydrogen) atoms. The molecule has 0 spiro atoms. The second-order valence-corrected chi connectivity index (χ2v) is 3.38. The van der Waals surface area contributed by atoms with E-state index in [1.54, 1.807) is 0 Å². The van der Waals surface area contributed by atoms with E-state index in [9.17, 15) is 0 Å². The molecule has 0 bridgehead atoms. The lowest BCUT2D eigenvalue weighted by Gasteiger charge is -2.13. The number of hydrogen-bond acceptors (Lipinski definition) is 1. The highest BCUT2D eigenvalue weighted by molar-refractivity contribution is 5.42. The predicted octanol–water partition coefficient (Wildman–Crippen LogP) is 2.49. The number of rotatable bonds is 3. The normalized spacial score (nSPS) is 10.8. The summed E-state index contributed by atoms with van der Waals surface area (Å²) in [6, 6.07) is 6.27. The molecule has 1 heteroatoms. The average Bonchev–Trinajstić information content (AvgIpc) is 2.17. The van der Waals surface area contributed by atoms with Gasteiger partial charge in [-0.25, -0.2) is 0 Å². The Morgan fingerprint density at radius 1 is 1.38 bits per heavy atom. The monoisotopic (exact) mass is 177 g/mol. The van der Waals surface area contributed by atoms with Crippen molar-refractivity contribution in [1.82, 2.24) is 0 Å². The minimum atomic E-state index is 0.147. The largest absolute Gasteiger partial charge is 0.395 e. The van der Waals surface area contributed by atoms with Crippen molar-refractivity contribution in [3.8, 4) is 0 Å². The molecular formula is C12H17O. The zero-order valence-corrected chi connectivity index (χ0v) is 8.59. The van der Waals surface area contributed by atoms with Crippen molar-refractivity contribution in [2.45, 2.75) is 27.2 Å². The molecule has 1 radical (unpaired) electrons. The fourth-order valence-corrected chi connectivity index (χ4v) is 1.61. The SMILES string of the molecule is CCc1cccc([C](C)CO)c1C. The maximum Gasteiger partial charge on any atom is 0.0534 e. The second kappa shape index (κ2) is 4.43. The Morgan fingerprint density at radius 2 is 2.08 bits per heavy atom. The van der Waals surface area contributed by atoms with Crippen LogP contribution in [0.4, 0.5) is 0 Å². The van der Waals surface area contributed by atoms with Gasteiger partial charge < -0.3 is 5.11 Å². The van der Waals surface area contributed by atoms with Crippen LogP contribution in [0.15, 0.2) is 18.2 Å². The van der Waals surface area contributed by atoms with Crippen molar-refractivity contribution in [2.24, 2.45) is 0 Å². The molecule has 1 aromatic rings. The van der Waals surface area contributed by atoms with Crippen LogP contribution >= 0.6 is 0 Å². The Kier molecular flexibility index (Phi) is 3.49. The Labute approximate surface area is 80.4 Å². The molecule has 0 heterocycles. The molecule has 0 saturated carbocycles. The van der Waals surface area contributed by atoms with Crippen LogP contribution in [-0.4, -0.2) is 11.7 Å². The van der Waals surface area contributed by atoms with Gasteiger partial charge in [0.2, 0.25) is 0 Å². The van der Waals surface area contributed by atoms with Gasteiger partial charge in [-0.05, 0) is 30.0 Å². The van der Waals surface area contributed by atoms with E-state index in [0.717, 1.165) is 12.3 Å². The van der Waals surface area contributed by atoms with E-state index >= 15 is 0 Å². The Morgan fingerprint density at radius 3 is 2.62 bits per heavy atom. The first kappa shape index (κ1) is 10.3. The summed E-state index contributed by atoms with van der Waals surface area (Å²) in [4.78, 5) is 0. The van der Waals surface area contributed by atoms with Crippen LogP contribution in [0.5, 0.6) is 0 Å². The van der Waals surface area contributed by atoms with Crippen LogP contribution in [0.25, 0.3) is 0 Å². The number of aliphatic hydroxyl groups is 1. The molecule has 0 amide bonds. The van der Waals surface area contributed by atoms with Gasteiger partial charge in [0.05, 0.1) is 6.61 Å². The third kappa shape index (κ3) is 2.10. The predicted molar refractivity (Wildman–Crippen MR) is 55.7 cm³/mol. The third-order valence-electron chi connectivity index (χ3n) is 2.52. The van der Waals surface area contributed by atoms with Gasteiger partial charge in [0.1, 0.15) is 0 Å². The number of aliphatic hydroxyl groups excluding tert-OH is 1. The zero-order valence-electron chi connectivity index (χ0n) is 8.59.